The van der Waals surface area contributed by atoms with E-state index in [-0.39, 0.29) is 0 Å². The quantitative estimate of drug-likeness (QED) is 0.821. The third kappa shape index (κ3) is 3.06. The minimum atomic E-state index is 0.446. The van der Waals surface area contributed by atoms with Gasteiger partial charge in [-0.15, -0.1) is 0 Å². The van der Waals surface area contributed by atoms with Crippen LogP contribution in [-0.2, 0) is 5.75 Å². The largest absolute Gasteiger partial charge is 0.329 e. The summed E-state index contributed by atoms with van der Waals surface area (Å²) in [5, 5.41) is 9.30. The van der Waals surface area contributed by atoms with Crippen molar-refractivity contribution in [3.8, 4) is 6.07 Å². The molecule has 14 heavy (non-hydrogen) atoms. The summed E-state index contributed by atoms with van der Waals surface area (Å²) in [5.74, 6) is 0.863. The molecule has 1 aromatic rings. The topological polar surface area (TPSA) is 49.8 Å². The minimum Gasteiger partial charge on any atom is -0.329 e. The van der Waals surface area contributed by atoms with Gasteiger partial charge < -0.3 is 5.73 Å². The normalized spacial score (nSPS) is 12.1. The van der Waals surface area contributed by atoms with Gasteiger partial charge in [-0.25, -0.2) is 0 Å². The number of nitrogens with two attached hydrogens (primary N) is 1. The molecule has 0 amide bonds. The van der Waals surface area contributed by atoms with E-state index in [2.05, 4.69) is 13.0 Å². The fourth-order valence-corrected chi connectivity index (χ4v) is 1.91. The summed E-state index contributed by atoms with van der Waals surface area (Å²) in [6.45, 7) is 2.78. The number of hydrogen-bond donors (Lipinski definition) is 1. The molecule has 0 saturated heterocycles. The van der Waals surface area contributed by atoms with Crippen molar-refractivity contribution in [2.45, 2.75) is 17.9 Å². The van der Waals surface area contributed by atoms with E-state index >= 15 is 0 Å². The van der Waals surface area contributed by atoms with Crippen molar-refractivity contribution >= 4 is 11.8 Å². The molecular weight excluding hydrogens is 192 g/mol. The highest BCUT2D eigenvalue weighted by Crippen LogP contribution is 2.19. The number of hydrogen-bond acceptors (Lipinski definition) is 3. The van der Waals surface area contributed by atoms with E-state index in [4.69, 9.17) is 11.0 Å². The van der Waals surface area contributed by atoms with Crippen molar-refractivity contribution in [1.29, 1.82) is 5.26 Å². The van der Waals surface area contributed by atoms with Gasteiger partial charge >= 0.3 is 0 Å². The molecule has 0 saturated carbocycles. The first-order valence-corrected chi connectivity index (χ1v) is 5.62. The fourth-order valence-electron chi connectivity index (χ4n) is 1.06. The van der Waals surface area contributed by atoms with Gasteiger partial charge in [-0.3, -0.25) is 0 Å². The highest BCUT2D eigenvalue weighted by Gasteiger charge is 2.03. The lowest BCUT2D eigenvalue weighted by Gasteiger charge is -2.08. The van der Waals surface area contributed by atoms with E-state index in [9.17, 15) is 0 Å². The smallest absolute Gasteiger partial charge is 0.0994 e. The summed E-state index contributed by atoms with van der Waals surface area (Å²) in [5.41, 5.74) is 7.39. The summed E-state index contributed by atoms with van der Waals surface area (Å²) in [6.07, 6.45) is 0. The second kappa shape index (κ2) is 5.69. The first-order valence-electron chi connectivity index (χ1n) is 4.57. The lowest BCUT2D eigenvalue weighted by molar-refractivity contribution is 0.950. The van der Waals surface area contributed by atoms with Gasteiger partial charge in [0.2, 0.25) is 0 Å². The maximum absolute atomic E-state index is 8.86. The molecule has 0 aliphatic heterocycles. The lowest BCUT2D eigenvalue weighted by Crippen LogP contribution is -2.12. The first-order chi connectivity index (χ1) is 6.77. The molecule has 1 aromatic carbocycles. The number of thioether (sulfide) groups is 1. The van der Waals surface area contributed by atoms with Crippen LogP contribution in [0.5, 0.6) is 0 Å². The van der Waals surface area contributed by atoms with Crippen molar-refractivity contribution < 1.29 is 0 Å². The van der Waals surface area contributed by atoms with Gasteiger partial charge in [-0.2, -0.15) is 17.0 Å². The molecular formula is C11H14N2S. The first kappa shape index (κ1) is 11.1. The van der Waals surface area contributed by atoms with Crippen LogP contribution in [0.4, 0.5) is 0 Å². The number of nitriles is 1. The number of rotatable bonds is 4. The van der Waals surface area contributed by atoms with Crippen LogP contribution in [0.2, 0.25) is 0 Å². The molecule has 3 heteroatoms. The Kier molecular flexibility index (Phi) is 4.51. The Hall–Kier alpha value is -0.980. The van der Waals surface area contributed by atoms with E-state index in [1.807, 2.05) is 24.3 Å². The molecule has 0 radical (unpaired) electrons. The molecule has 0 heterocycles. The maximum atomic E-state index is 8.86. The predicted octanol–water partition coefficient (Wildman–Crippen LogP) is 2.14. The average molecular weight is 206 g/mol. The summed E-state index contributed by atoms with van der Waals surface area (Å²) < 4.78 is 0. The molecule has 0 bridgehead atoms. The summed E-state index contributed by atoms with van der Waals surface area (Å²) in [4.78, 5) is 0. The van der Waals surface area contributed by atoms with Gasteiger partial charge in [0.15, 0.2) is 0 Å². The Balaban J connectivity index is 2.63. The Bertz CT molecular complexity index is 330. The summed E-state index contributed by atoms with van der Waals surface area (Å²) in [6, 6.07) is 9.89. The Labute approximate surface area is 89.1 Å². The molecule has 0 fully saturated rings. The number of benzene rings is 1. The number of nitrogens with zero attached hydrogens (tertiary/aromatic N) is 1. The van der Waals surface area contributed by atoms with Crippen molar-refractivity contribution in [1.82, 2.24) is 0 Å². The van der Waals surface area contributed by atoms with Crippen LogP contribution in [0.3, 0.4) is 0 Å². The van der Waals surface area contributed by atoms with Crippen molar-refractivity contribution in [3.05, 3.63) is 35.4 Å². The zero-order valence-corrected chi connectivity index (χ0v) is 9.05. The van der Waals surface area contributed by atoms with Crippen LogP contribution < -0.4 is 5.73 Å². The van der Waals surface area contributed by atoms with E-state index in [0.29, 0.717) is 11.8 Å². The highest BCUT2D eigenvalue weighted by atomic mass is 32.2. The Morgan fingerprint density at radius 2 is 2.21 bits per heavy atom. The predicted molar refractivity (Wildman–Crippen MR) is 61.0 cm³/mol. The third-order valence-electron chi connectivity index (χ3n) is 1.99. The molecule has 74 valence electrons. The van der Waals surface area contributed by atoms with Gasteiger partial charge in [0, 0.05) is 17.5 Å². The SMILES string of the molecule is CC(CN)SCc1ccccc1C#N. The molecule has 1 unspecified atom stereocenters. The van der Waals surface area contributed by atoms with Gasteiger partial charge in [0.1, 0.15) is 0 Å². The molecule has 0 spiro atoms. The minimum absolute atomic E-state index is 0.446. The van der Waals surface area contributed by atoms with Crippen molar-refractivity contribution in [2.75, 3.05) is 6.54 Å². The van der Waals surface area contributed by atoms with Crippen LogP contribution in [0.1, 0.15) is 18.1 Å². The molecule has 0 aliphatic rings. The second-order valence-electron chi connectivity index (χ2n) is 3.13. The zero-order chi connectivity index (χ0) is 10.4. The van der Waals surface area contributed by atoms with Crippen LogP contribution in [0.15, 0.2) is 24.3 Å². The molecule has 1 atom stereocenters. The molecule has 0 aromatic heterocycles. The fraction of sp³-hybridized carbons (Fsp3) is 0.364. The average Bonchev–Trinajstić information content (AvgIpc) is 2.26. The maximum Gasteiger partial charge on any atom is 0.0994 e. The van der Waals surface area contributed by atoms with E-state index in [1.165, 1.54) is 0 Å². The van der Waals surface area contributed by atoms with Gasteiger partial charge in [0.25, 0.3) is 0 Å². The molecule has 1 rings (SSSR count). The molecule has 2 N–H and O–H groups in total. The van der Waals surface area contributed by atoms with Crippen LogP contribution in [-0.4, -0.2) is 11.8 Å². The standard InChI is InChI=1S/C11H14N2S/c1-9(6-12)14-8-11-5-3-2-4-10(11)7-13/h2-5,9H,6,8,12H2,1H3. The van der Waals surface area contributed by atoms with Crippen molar-refractivity contribution in [3.63, 3.8) is 0 Å². The Morgan fingerprint density at radius 3 is 2.86 bits per heavy atom. The van der Waals surface area contributed by atoms with Gasteiger partial charge in [-0.1, -0.05) is 25.1 Å². The van der Waals surface area contributed by atoms with Gasteiger partial charge in [0.05, 0.1) is 11.6 Å². The summed E-state index contributed by atoms with van der Waals surface area (Å²) in [7, 11) is 0. The highest BCUT2D eigenvalue weighted by molar-refractivity contribution is 7.99. The third-order valence-corrected chi connectivity index (χ3v) is 3.23. The van der Waals surface area contributed by atoms with Crippen LogP contribution in [0.25, 0.3) is 0 Å². The molecule has 2 nitrogen and oxygen atoms in total. The van der Waals surface area contributed by atoms with Crippen LogP contribution in [0, 0.1) is 11.3 Å². The lowest BCUT2D eigenvalue weighted by atomic mass is 10.1. The molecule has 0 aliphatic carbocycles. The van der Waals surface area contributed by atoms with Crippen molar-refractivity contribution in [2.24, 2.45) is 5.73 Å². The second-order valence-corrected chi connectivity index (χ2v) is 4.55. The Morgan fingerprint density at radius 1 is 1.50 bits per heavy atom. The van der Waals surface area contributed by atoms with Gasteiger partial charge in [-0.05, 0) is 11.6 Å². The van der Waals surface area contributed by atoms with Crippen LogP contribution >= 0.6 is 11.8 Å². The summed E-state index contributed by atoms with van der Waals surface area (Å²) >= 11 is 1.78. The zero-order valence-electron chi connectivity index (χ0n) is 8.23. The monoisotopic (exact) mass is 206 g/mol. The van der Waals surface area contributed by atoms with E-state index < -0.39 is 0 Å². The van der Waals surface area contributed by atoms with E-state index in [1.54, 1.807) is 11.8 Å². The van der Waals surface area contributed by atoms with E-state index in [0.717, 1.165) is 16.9 Å².